The number of rotatable bonds is 3. The summed E-state index contributed by atoms with van der Waals surface area (Å²) in [6.07, 6.45) is 5.56. The van der Waals surface area contributed by atoms with Crippen LogP contribution < -0.4 is 0 Å². The lowest BCUT2D eigenvalue weighted by atomic mass is 10.3. The first-order valence-electron chi connectivity index (χ1n) is 4.36. The van der Waals surface area contributed by atoms with Crippen LogP contribution in [0.25, 0.3) is 0 Å². The fourth-order valence-corrected chi connectivity index (χ4v) is 1.42. The highest BCUT2D eigenvalue weighted by atomic mass is 35.5. The van der Waals surface area contributed by atoms with E-state index >= 15 is 0 Å². The molecule has 15 heavy (non-hydrogen) atoms. The number of nitrogens with zero attached hydrogens (tertiary/aromatic N) is 3. The third-order valence-corrected chi connectivity index (χ3v) is 2.30. The molecule has 0 fully saturated rings. The van der Waals surface area contributed by atoms with Crippen molar-refractivity contribution in [3.8, 4) is 0 Å². The largest absolute Gasteiger partial charge is 0.298 e. The van der Waals surface area contributed by atoms with Gasteiger partial charge in [-0.2, -0.15) is 5.10 Å². The molecular weight excluding hydrogens is 214 g/mol. The van der Waals surface area contributed by atoms with Crippen LogP contribution in [0.2, 0.25) is 5.15 Å². The van der Waals surface area contributed by atoms with Crippen LogP contribution in [0.5, 0.6) is 0 Å². The van der Waals surface area contributed by atoms with Crippen molar-refractivity contribution in [1.82, 2.24) is 14.8 Å². The van der Waals surface area contributed by atoms with E-state index in [2.05, 4.69) is 10.1 Å². The first-order chi connectivity index (χ1) is 7.29. The van der Waals surface area contributed by atoms with Gasteiger partial charge in [0.15, 0.2) is 6.29 Å². The van der Waals surface area contributed by atoms with Crippen LogP contribution in [0.1, 0.15) is 15.9 Å². The van der Waals surface area contributed by atoms with Gasteiger partial charge >= 0.3 is 0 Å². The molecule has 0 spiro atoms. The zero-order valence-corrected chi connectivity index (χ0v) is 8.55. The fourth-order valence-electron chi connectivity index (χ4n) is 1.24. The summed E-state index contributed by atoms with van der Waals surface area (Å²) in [5.74, 6) is 0. The van der Waals surface area contributed by atoms with Crippen molar-refractivity contribution in [2.75, 3.05) is 0 Å². The fraction of sp³-hybridized carbons (Fsp3) is 0.100. The Morgan fingerprint density at radius 2 is 2.40 bits per heavy atom. The number of carbonyl (C=O) groups is 1. The molecule has 0 aliphatic rings. The second-order valence-corrected chi connectivity index (χ2v) is 3.40. The van der Waals surface area contributed by atoms with Crippen molar-refractivity contribution in [3.63, 3.8) is 0 Å². The number of hydrogen-bond donors (Lipinski definition) is 0. The highest BCUT2D eigenvalue weighted by Crippen LogP contribution is 2.12. The molecule has 0 aliphatic carbocycles. The molecule has 0 atom stereocenters. The van der Waals surface area contributed by atoms with Gasteiger partial charge in [0.05, 0.1) is 18.3 Å². The lowest BCUT2D eigenvalue weighted by Crippen LogP contribution is -2.01. The molecule has 2 heterocycles. The molecule has 4 nitrogen and oxygen atoms in total. The minimum absolute atomic E-state index is 0.459. The summed E-state index contributed by atoms with van der Waals surface area (Å²) >= 11 is 5.89. The topological polar surface area (TPSA) is 47.8 Å². The second-order valence-electron chi connectivity index (χ2n) is 3.04. The minimum Gasteiger partial charge on any atom is -0.298 e. The van der Waals surface area contributed by atoms with Crippen LogP contribution >= 0.6 is 11.6 Å². The van der Waals surface area contributed by atoms with Crippen molar-refractivity contribution >= 4 is 17.9 Å². The van der Waals surface area contributed by atoms with E-state index in [0.29, 0.717) is 17.3 Å². The number of carbonyl (C=O) groups excluding carboxylic acids is 1. The van der Waals surface area contributed by atoms with Crippen molar-refractivity contribution in [1.29, 1.82) is 0 Å². The Morgan fingerprint density at radius 3 is 3.07 bits per heavy atom. The second kappa shape index (κ2) is 4.23. The summed E-state index contributed by atoms with van der Waals surface area (Å²) in [4.78, 5) is 14.4. The third kappa shape index (κ3) is 2.22. The van der Waals surface area contributed by atoms with E-state index in [1.165, 1.54) is 6.20 Å². The van der Waals surface area contributed by atoms with Gasteiger partial charge in [-0.15, -0.1) is 0 Å². The lowest BCUT2D eigenvalue weighted by molar-refractivity contribution is 0.112. The molecule has 0 saturated carbocycles. The average Bonchev–Trinajstić information content (AvgIpc) is 2.69. The molecule has 0 aliphatic heterocycles. The Kier molecular flexibility index (Phi) is 2.78. The Morgan fingerprint density at radius 1 is 1.53 bits per heavy atom. The van der Waals surface area contributed by atoms with Crippen LogP contribution in [0.15, 0.2) is 30.7 Å². The van der Waals surface area contributed by atoms with E-state index in [4.69, 9.17) is 11.6 Å². The Labute approximate surface area is 91.5 Å². The monoisotopic (exact) mass is 221 g/mol. The van der Waals surface area contributed by atoms with Crippen molar-refractivity contribution in [2.24, 2.45) is 0 Å². The first-order valence-corrected chi connectivity index (χ1v) is 4.74. The Bertz CT molecular complexity index is 481. The summed E-state index contributed by atoms with van der Waals surface area (Å²) in [7, 11) is 0. The highest BCUT2D eigenvalue weighted by Gasteiger charge is 2.02. The molecule has 0 aromatic carbocycles. The number of halogens is 1. The molecule has 2 rings (SSSR count). The zero-order chi connectivity index (χ0) is 10.7. The third-order valence-electron chi connectivity index (χ3n) is 1.96. The quantitative estimate of drug-likeness (QED) is 0.587. The maximum absolute atomic E-state index is 10.4. The molecule has 0 N–H and O–H groups in total. The number of aromatic nitrogens is 3. The summed E-state index contributed by atoms with van der Waals surface area (Å²) < 4.78 is 1.65. The summed E-state index contributed by atoms with van der Waals surface area (Å²) in [6.45, 7) is 0.514. The minimum atomic E-state index is 0.459. The first kappa shape index (κ1) is 9.86. The molecule has 5 heteroatoms. The Balaban J connectivity index is 2.22. The standard InChI is InChI=1S/C10H8ClN3O/c11-10-9(2-1-3-12-10)6-14-5-8(7-15)4-13-14/h1-5,7H,6H2. The predicted octanol–water partition coefficient (Wildman–Crippen LogP) is 1.79. The number of aldehydes is 1. The van der Waals surface area contributed by atoms with Gasteiger partial charge in [-0.25, -0.2) is 4.98 Å². The van der Waals surface area contributed by atoms with Gasteiger partial charge in [0, 0.05) is 18.0 Å². The van der Waals surface area contributed by atoms with Crippen LogP contribution in [0.3, 0.4) is 0 Å². The Hall–Kier alpha value is -1.68. The van der Waals surface area contributed by atoms with E-state index in [9.17, 15) is 4.79 Å². The van der Waals surface area contributed by atoms with E-state index < -0.39 is 0 Å². The van der Waals surface area contributed by atoms with Gasteiger partial charge < -0.3 is 0 Å². The van der Waals surface area contributed by atoms with Crippen LogP contribution in [-0.2, 0) is 6.54 Å². The van der Waals surface area contributed by atoms with Gasteiger partial charge in [0.1, 0.15) is 5.15 Å². The van der Waals surface area contributed by atoms with Gasteiger partial charge in [0.25, 0.3) is 0 Å². The van der Waals surface area contributed by atoms with Crippen molar-refractivity contribution in [2.45, 2.75) is 6.54 Å². The van der Waals surface area contributed by atoms with Gasteiger partial charge in [-0.1, -0.05) is 17.7 Å². The maximum atomic E-state index is 10.4. The molecule has 0 bridgehead atoms. The van der Waals surface area contributed by atoms with Crippen molar-refractivity contribution in [3.05, 3.63) is 47.0 Å². The van der Waals surface area contributed by atoms with Crippen LogP contribution in [-0.4, -0.2) is 21.1 Å². The molecular formula is C10H8ClN3O. The molecule has 2 aromatic rings. The number of pyridine rings is 1. The summed E-state index contributed by atoms with van der Waals surface area (Å²) in [5.41, 5.74) is 1.43. The predicted molar refractivity (Wildman–Crippen MR) is 56.0 cm³/mol. The van der Waals surface area contributed by atoms with E-state index in [-0.39, 0.29) is 0 Å². The van der Waals surface area contributed by atoms with E-state index in [1.807, 2.05) is 12.1 Å². The smallest absolute Gasteiger partial charge is 0.153 e. The molecule has 76 valence electrons. The zero-order valence-electron chi connectivity index (χ0n) is 7.80. The maximum Gasteiger partial charge on any atom is 0.153 e. The van der Waals surface area contributed by atoms with Gasteiger partial charge in [-0.3, -0.25) is 9.48 Å². The van der Waals surface area contributed by atoms with E-state index in [0.717, 1.165) is 11.8 Å². The molecule has 0 saturated heterocycles. The normalized spacial score (nSPS) is 10.2. The molecule has 2 aromatic heterocycles. The van der Waals surface area contributed by atoms with Gasteiger partial charge in [-0.05, 0) is 6.07 Å². The van der Waals surface area contributed by atoms with Crippen molar-refractivity contribution < 1.29 is 4.79 Å². The average molecular weight is 222 g/mol. The molecule has 0 radical (unpaired) electrons. The SMILES string of the molecule is O=Cc1cnn(Cc2cccnc2Cl)c1. The van der Waals surface area contributed by atoms with E-state index in [1.54, 1.807) is 17.1 Å². The van der Waals surface area contributed by atoms with Gasteiger partial charge in [0.2, 0.25) is 0 Å². The lowest BCUT2D eigenvalue weighted by Gasteiger charge is -2.02. The summed E-state index contributed by atoms with van der Waals surface area (Å²) in [6, 6.07) is 3.68. The molecule has 0 unspecified atom stereocenters. The summed E-state index contributed by atoms with van der Waals surface area (Å²) in [5, 5.41) is 4.48. The number of hydrogen-bond acceptors (Lipinski definition) is 3. The molecule has 0 amide bonds. The van der Waals surface area contributed by atoms with Crippen LogP contribution in [0, 0.1) is 0 Å². The van der Waals surface area contributed by atoms with Crippen LogP contribution in [0.4, 0.5) is 0 Å². The highest BCUT2D eigenvalue weighted by molar-refractivity contribution is 6.30.